The summed E-state index contributed by atoms with van der Waals surface area (Å²) >= 11 is 6.30. The Labute approximate surface area is 164 Å². The zero-order chi connectivity index (χ0) is 19.4. The molecule has 2 heterocycles. The van der Waals surface area contributed by atoms with Gasteiger partial charge in [0.15, 0.2) is 0 Å². The van der Waals surface area contributed by atoms with E-state index in [1.54, 1.807) is 6.07 Å². The molecule has 2 aromatic rings. The number of rotatable bonds is 6. The zero-order valence-corrected chi connectivity index (χ0v) is 16.4. The Kier molecular flexibility index (Phi) is 6.34. The molecule has 0 saturated carbocycles. The lowest BCUT2D eigenvalue weighted by Crippen LogP contribution is -2.47. The monoisotopic (exact) mass is 388 g/mol. The maximum atomic E-state index is 11.9. The molecule has 27 heavy (non-hydrogen) atoms. The first-order valence-electron chi connectivity index (χ1n) is 9.34. The summed E-state index contributed by atoms with van der Waals surface area (Å²) in [6.45, 7) is 5.12. The van der Waals surface area contributed by atoms with Gasteiger partial charge in [-0.2, -0.15) is 0 Å². The molecule has 1 aromatic carbocycles. The number of carbonyl (C=O) groups is 1. The third-order valence-corrected chi connectivity index (χ3v) is 5.18. The van der Waals surface area contributed by atoms with Gasteiger partial charge in [-0.1, -0.05) is 24.1 Å². The van der Waals surface area contributed by atoms with E-state index in [0.717, 1.165) is 29.7 Å². The molecule has 1 saturated heterocycles. The van der Waals surface area contributed by atoms with Gasteiger partial charge in [0.25, 0.3) is 0 Å². The van der Waals surface area contributed by atoms with Crippen LogP contribution in [0.25, 0.3) is 0 Å². The maximum absolute atomic E-state index is 11.9. The van der Waals surface area contributed by atoms with Crippen LogP contribution in [0.15, 0.2) is 36.5 Å². The highest BCUT2D eigenvalue weighted by molar-refractivity contribution is 6.30. The Morgan fingerprint density at radius 2 is 2.19 bits per heavy atom. The third-order valence-electron chi connectivity index (χ3n) is 4.94. The summed E-state index contributed by atoms with van der Waals surface area (Å²) < 4.78 is 5.84. The van der Waals surface area contributed by atoms with E-state index < -0.39 is 12.0 Å². The largest absolute Gasteiger partial charge is 0.494 e. The van der Waals surface area contributed by atoms with E-state index in [4.69, 9.17) is 16.3 Å². The van der Waals surface area contributed by atoms with Gasteiger partial charge < -0.3 is 9.84 Å². The predicted molar refractivity (Wildman–Crippen MR) is 105 cm³/mol. The van der Waals surface area contributed by atoms with E-state index >= 15 is 0 Å². The van der Waals surface area contributed by atoms with Gasteiger partial charge in [0, 0.05) is 16.8 Å². The lowest BCUT2D eigenvalue weighted by molar-refractivity contribution is -0.145. The first-order chi connectivity index (χ1) is 13.0. The van der Waals surface area contributed by atoms with Crippen molar-refractivity contribution in [2.75, 3.05) is 13.2 Å². The van der Waals surface area contributed by atoms with Gasteiger partial charge >= 0.3 is 5.97 Å². The molecule has 0 bridgehead atoms. The van der Waals surface area contributed by atoms with Gasteiger partial charge in [-0.3, -0.25) is 14.7 Å². The average Bonchev–Trinajstić information content (AvgIpc) is 2.66. The number of ether oxygens (including phenoxy) is 1. The molecule has 0 aliphatic carbocycles. The molecule has 144 valence electrons. The second kappa shape index (κ2) is 8.72. The van der Waals surface area contributed by atoms with E-state index in [1.165, 1.54) is 0 Å². The van der Waals surface area contributed by atoms with Gasteiger partial charge in [0.05, 0.1) is 18.3 Å². The molecule has 6 heteroatoms. The van der Waals surface area contributed by atoms with Crippen LogP contribution in [-0.2, 0) is 4.79 Å². The van der Waals surface area contributed by atoms with Gasteiger partial charge in [-0.15, -0.1) is 0 Å². The third kappa shape index (κ3) is 4.42. The summed E-state index contributed by atoms with van der Waals surface area (Å²) in [6.07, 6.45) is 4.31. The first-order valence-corrected chi connectivity index (χ1v) is 9.72. The Bertz CT molecular complexity index is 795. The summed E-state index contributed by atoms with van der Waals surface area (Å²) in [5.74, 6) is -0.0872. The second-order valence-electron chi connectivity index (χ2n) is 6.87. The van der Waals surface area contributed by atoms with Crippen LogP contribution in [0.4, 0.5) is 0 Å². The first kappa shape index (κ1) is 19.6. The number of hydrogen-bond acceptors (Lipinski definition) is 4. The fraction of sp³-hybridized carbons (Fsp3) is 0.429. The minimum atomic E-state index is -0.799. The molecule has 1 fully saturated rings. The minimum absolute atomic E-state index is 0.327. The van der Waals surface area contributed by atoms with Crippen LogP contribution in [0.2, 0.25) is 5.02 Å². The van der Waals surface area contributed by atoms with Crippen molar-refractivity contribution in [3.63, 3.8) is 0 Å². The van der Waals surface area contributed by atoms with Gasteiger partial charge in [0.1, 0.15) is 11.8 Å². The van der Waals surface area contributed by atoms with E-state index in [-0.39, 0.29) is 6.04 Å². The Morgan fingerprint density at radius 1 is 1.37 bits per heavy atom. The van der Waals surface area contributed by atoms with Crippen molar-refractivity contribution in [1.82, 2.24) is 9.88 Å². The standard InChI is InChI=1S/C21H25ClN2O3/c1-3-27-19-10-8-15(22)12-16(19)20(17-9-7-14(2)13-23-17)24-11-5-4-6-18(24)21(25)26/h7-10,12-13,18,20H,3-6,11H2,1-2H3,(H,25,26). The minimum Gasteiger partial charge on any atom is -0.494 e. The molecule has 3 rings (SSSR count). The van der Waals surface area contributed by atoms with Crippen LogP contribution in [0.3, 0.4) is 0 Å². The fourth-order valence-corrected chi connectivity index (χ4v) is 3.88. The number of carboxylic acid groups (broad SMARTS) is 1. The van der Waals surface area contributed by atoms with Gasteiger partial charge in [0.2, 0.25) is 0 Å². The summed E-state index contributed by atoms with van der Waals surface area (Å²) in [7, 11) is 0. The number of hydrogen-bond donors (Lipinski definition) is 1. The van der Waals surface area contributed by atoms with Crippen molar-refractivity contribution in [3.05, 3.63) is 58.4 Å². The van der Waals surface area contributed by atoms with Crippen molar-refractivity contribution in [2.45, 2.75) is 45.2 Å². The van der Waals surface area contributed by atoms with Crippen LogP contribution in [0.1, 0.15) is 49.0 Å². The lowest BCUT2D eigenvalue weighted by atomic mass is 9.93. The number of aliphatic carboxylic acids is 1. The van der Waals surface area contributed by atoms with Crippen LogP contribution in [0.5, 0.6) is 5.75 Å². The van der Waals surface area contributed by atoms with E-state index in [9.17, 15) is 9.90 Å². The quantitative estimate of drug-likeness (QED) is 0.790. The zero-order valence-electron chi connectivity index (χ0n) is 15.7. The van der Waals surface area contributed by atoms with Crippen molar-refractivity contribution < 1.29 is 14.6 Å². The van der Waals surface area contributed by atoms with E-state index in [2.05, 4.69) is 4.98 Å². The molecule has 1 aliphatic heterocycles. The number of nitrogens with zero attached hydrogens (tertiary/aromatic N) is 2. The van der Waals surface area contributed by atoms with Crippen LogP contribution in [0, 0.1) is 6.92 Å². The number of pyridine rings is 1. The van der Waals surface area contributed by atoms with E-state index in [0.29, 0.717) is 30.3 Å². The normalized spacial score (nSPS) is 18.9. The average molecular weight is 389 g/mol. The molecule has 2 unspecified atom stereocenters. The summed E-state index contributed by atoms with van der Waals surface area (Å²) in [5.41, 5.74) is 2.72. The van der Waals surface area contributed by atoms with Crippen molar-refractivity contribution in [1.29, 1.82) is 0 Å². The molecule has 0 spiro atoms. The molecule has 0 radical (unpaired) electrons. The predicted octanol–water partition coefficient (Wildman–Crippen LogP) is 4.47. The number of halogens is 1. The smallest absolute Gasteiger partial charge is 0.320 e. The molecule has 1 aliphatic rings. The van der Waals surface area contributed by atoms with Crippen molar-refractivity contribution in [3.8, 4) is 5.75 Å². The van der Waals surface area contributed by atoms with Crippen LogP contribution in [-0.4, -0.2) is 40.2 Å². The maximum Gasteiger partial charge on any atom is 0.320 e. The Balaban J connectivity index is 2.14. The number of aromatic nitrogens is 1. The molecule has 2 atom stereocenters. The van der Waals surface area contributed by atoms with Crippen molar-refractivity contribution >= 4 is 17.6 Å². The highest BCUT2D eigenvalue weighted by Crippen LogP contribution is 2.39. The number of likely N-dealkylation sites (tertiary alicyclic amines) is 1. The molecular formula is C21H25ClN2O3. The van der Waals surface area contributed by atoms with Crippen LogP contribution < -0.4 is 4.74 Å². The highest BCUT2D eigenvalue weighted by Gasteiger charge is 2.37. The summed E-state index contributed by atoms with van der Waals surface area (Å²) in [5, 5.41) is 10.4. The number of piperidine rings is 1. The molecule has 5 nitrogen and oxygen atoms in total. The number of benzene rings is 1. The van der Waals surface area contributed by atoms with E-state index in [1.807, 2.05) is 49.2 Å². The molecule has 1 aromatic heterocycles. The van der Waals surface area contributed by atoms with Gasteiger partial charge in [-0.05, 0) is 63.1 Å². The summed E-state index contributed by atoms with van der Waals surface area (Å²) in [4.78, 5) is 18.6. The highest BCUT2D eigenvalue weighted by atomic mass is 35.5. The van der Waals surface area contributed by atoms with Crippen LogP contribution >= 0.6 is 11.6 Å². The SMILES string of the molecule is CCOc1ccc(Cl)cc1C(c1ccc(C)cn1)N1CCCCC1C(=O)O. The van der Waals surface area contributed by atoms with Crippen molar-refractivity contribution in [2.24, 2.45) is 0 Å². The fourth-order valence-electron chi connectivity index (χ4n) is 3.70. The lowest BCUT2D eigenvalue weighted by Gasteiger charge is -2.39. The molecular weight excluding hydrogens is 364 g/mol. The topological polar surface area (TPSA) is 62.7 Å². The second-order valence-corrected chi connectivity index (χ2v) is 7.30. The molecule has 0 amide bonds. The number of carboxylic acids is 1. The number of aryl methyl sites for hydroxylation is 1. The van der Waals surface area contributed by atoms with Gasteiger partial charge in [-0.25, -0.2) is 0 Å². The summed E-state index contributed by atoms with van der Waals surface area (Å²) in [6, 6.07) is 8.59. The Morgan fingerprint density at radius 3 is 2.85 bits per heavy atom. The molecule has 1 N–H and O–H groups in total. The Hall–Kier alpha value is -2.11.